The molecule has 0 radical (unpaired) electrons. The molecule has 218 valence electrons. The normalized spacial score (nSPS) is 14.4. The summed E-state index contributed by atoms with van der Waals surface area (Å²) >= 11 is 0. The lowest BCUT2D eigenvalue weighted by atomic mass is 10.1. The smallest absolute Gasteiger partial charge is 0.264 e. The summed E-state index contributed by atoms with van der Waals surface area (Å²) in [5.74, 6) is -0.620. The van der Waals surface area contributed by atoms with E-state index in [1.165, 1.54) is 16.4 Å². The Balaban J connectivity index is 1.74. The van der Waals surface area contributed by atoms with Gasteiger partial charge in [0.2, 0.25) is 11.8 Å². The van der Waals surface area contributed by atoms with E-state index in [2.05, 4.69) is 5.32 Å². The molecule has 41 heavy (non-hydrogen) atoms. The van der Waals surface area contributed by atoms with E-state index in [4.69, 9.17) is 0 Å². The summed E-state index contributed by atoms with van der Waals surface area (Å²) in [6.07, 6.45) is 4.43. The van der Waals surface area contributed by atoms with E-state index in [1.807, 2.05) is 58.0 Å². The summed E-state index contributed by atoms with van der Waals surface area (Å²) in [5, 5.41) is 3.16. The Morgan fingerprint density at radius 1 is 0.927 bits per heavy atom. The lowest BCUT2D eigenvalue weighted by Gasteiger charge is -2.34. The molecule has 0 saturated heterocycles. The molecule has 4 rings (SSSR count). The predicted octanol–water partition coefficient (Wildman–Crippen LogP) is 5.67. The molecular formula is C33H41N3O4S. The Morgan fingerprint density at radius 3 is 2.27 bits per heavy atom. The van der Waals surface area contributed by atoms with Crippen molar-refractivity contribution < 1.29 is 18.0 Å². The van der Waals surface area contributed by atoms with E-state index in [-0.39, 0.29) is 23.4 Å². The highest BCUT2D eigenvalue weighted by atomic mass is 32.2. The van der Waals surface area contributed by atoms with Crippen LogP contribution in [0.15, 0.2) is 77.7 Å². The number of sulfonamides is 1. The average Bonchev–Trinajstić information content (AvgIpc) is 3.46. The molecule has 0 heterocycles. The number of nitrogens with zero attached hydrogens (tertiary/aromatic N) is 2. The van der Waals surface area contributed by atoms with Crippen LogP contribution in [0, 0.1) is 20.8 Å². The number of amides is 2. The highest BCUT2D eigenvalue weighted by Crippen LogP contribution is 2.29. The molecule has 1 N–H and O–H groups in total. The number of aryl methyl sites for hydroxylation is 2. The minimum absolute atomic E-state index is 0.102. The van der Waals surface area contributed by atoms with Crippen LogP contribution in [0.1, 0.15) is 61.3 Å². The number of anilines is 1. The fourth-order valence-corrected chi connectivity index (χ4v) is 7.03. The number of nitrogens with one attached hydrogen (secondary N) is 1. The zero-order valence-corrected chi connectivity index (χ0v) is 25.3. The first-order chi connectivity index (χ1) is 19.6. The first-order valence-electron chi connectivity index (χ1n) is 14.4. The predicted molar refractivity (Wildman–Crippen MR) is 163 cm³/mol. The number of hydrogen-bond acceptors (Lipinski definition) is 4. The van der Waals surface area contributed by atoms with E-state index in [0.29, 0.717) is 12.1 Å². The van der Waals surface area contributed by atoms with Gasteiger partial charge in [-0.25, -0.2) is 8.42 Å². The zero-order valence-electron chi connectivity index (χ0n) is 24.5. The second-order valence-corrected chi connectivity index (χ2v) is 12.8. The van der Waals surface area contributed by atoms with Crippen molar-refractivity contribution in [1.82, 2.24) is 10.2 Å². The van der Waals surface area contributed by atoms with Gasteiger partial charge >= 0.3 is 0 Å². The van der Waals surface area contributed by atoms with Crippen molar-refractivity contribution in [2.24, 2.45) is 0 Å². The second kappa shape index (κ2) is 13.3. The zero-order chi connectivity index (χ0) is 29.6. The van der Waals surface area contributed by atoms with Gasteiger partial charge < -0.3 is 10.2 Å². The molecular weight excluding hydrogens is 534 g/mol. The van der Waals surface area contributed by atoms with Crippen molar-refractivity contribution >= 4 is 27.5 Å². The quantitative estimate of drug-likeness (QED) is 0.319. The van der Waals surface area contributed by atoms with Gasteiger partial charge in [0.1, 0.15) is 12.6 Å². The maximum Gasteiger partial charge on any atom is 0.264 e. The summed E-state index contributed by atoms with van der Waals surface area (Å²) in [5.41, 5.74) is 4.07. The number of rotatable bonds is 11. The molecule has 0 bridgehead atoms. The Hall–Kier alpha value is -3.65. The van der Waals surface area contributed by atoms with Crippen molar-refractivity contribution in [2.45, 2.75) is 83.3 Å². The average molecular weight is 576 g/mol. The fraction of sp³-hybridized carbons (Fsp3) is 0.394. The highest BCUT2D eigenvalue weighted by molar-refractivity contribution is 7.92. The van der Waals surface area contributed by atoms with Gasteiger partial charge in [-0.05, 0) is 74.9 Å². The van der Waals surface area contributed by atoms with Crippen molar-refractivity contribution in [1.29, 1.82) is 0 Å². The maximum atomic E-state index is 14.3. The molecule has 1 fully saturated rings. The molecule has 1 saturated carbocycles. The molecule has 8 heteroatoms. The van der Waals surface area contributed by atoms with Crippen LogP contribution < -0.4 is 9.62 Å². The molecule has 0 spiro atoms. The van der Waals surface area contributed by atoms with Crippen molar-refractivity contribution in [3.8, 4) is 0 Å². The SMILES string of the molecule is CC[C@H](C(=O)NC1CCCC1)N(Cc1cccc(C)c1)C(=O)CN(c1cccc(C)c1C)S(=O)(=O)c1ccccc1. The van der Waals surface area contributed by atoms with Crippen LogP contribution >= 0.6 is 0 Å². The molecule has 3 aromatic rings. The van der Waals surface area contributed by atoms with Gasteiger partial charge in [0.05, 0.1) is 10.6 Å². The lowest BCUT2D eigenvalue weighted by molar-refractivity contribution is -0.140. The standard InChI is InChI=1S/C33H41N3O4S/c1-5-30(33(38)34-28-16-9-10-17-28)35(22-27-15-11-13-24(2)21-27)32(37)23-36(31-20-12-14-25(3)26(31)4)41(39,40)29-18-7-6-8-19-29/h6-8,11-15,18-21,28,30H,5,9-10,16-17,22-23H2,1-4H3,(H,34,38)/t30-/m1/s1. The van der Waals surface area contributed by atoms with Crippen molar-refractivity contribution in [3.63, 3.8) is 0 Å². The summed E-state index contributed by atoms with van der Waals surface area (Å²) in [6.45, 7) is 7.41. The third kappa shape index (κ3) is 7.17. The lowest BCUT2D eigenvalue weighted by Crippen LogP contribution is -2.53. The van der Waals surface area contributed by atoms with Crippen LogP contribution in [0.2, 0.25) is 0 Å². The molecule has 1 aliphatic rings. The van der Waals surface area contributed by atoms with Gasteiger partial charge in [0, 0.05) is 12.6 Å². The Morgan fingerprint density at radius 2 is 1.61 bits per heavy atom. The Labute approximate surface area is 244 Å². The number of carbonyl (C=O) groups is 2. The number of carbonyl (C=O) groups excluding carboxylic acids is 2. The van der Waals surface area contributed by atoms with E-state index >= 15 is 0 Å². The van der Waals surface area contributed by atoms with Gasteiger partial charge in [0.25, 0.3) is 10.0 Å². The Kier molecular flexibility index (Phi) is 9.86. The molecule has 3 aromatic carbocycles. The van der Waals surface area contributed by atoms with Gasteiger partial charge in [-0.1, -0.05) is 79.9 Å². The molecule has 1 aliphatic carbocycles. The van der Waals surface area contributed by atoms with Crippen LogP contribution in [0.5, 0.6) is 0 Å². The molecule has 0 aliphatic heterocycles. The molecule has 1 atom stereocenters. The molecule has 2 amide bonds. The highest BCUT2D eigenvalue weighted by Gasteiger charge is 2.35. The number of benzene rings is 3. The van der Waals surface area contributed by atoms with Crippen LogP contribution in [-0.4, -0.2) is 43.8 Å². The monoisotopic (exact) mass is 575 g/mol. The minimum atomic E-state index is -4.09. The van der Waals surface area contributed by atoms with Gasteiger partial charge in [-0.2, -0.15) is 0 Å². The first-order valence-corrected chi connectivity index (χ1v) is 15.8. The fourth-order valence-electron chi connectivity index (χ4n) is 5.53. The van der Waals surface area contributed by atoms with Crippen molar-refractivity contribution in [2.75, 3.05) is 10.8 Å². The largest absolute Gasteiger partial charge is 0.352 e. The van der Waals surface area contributed by atoms with Gasteiger partial charge in [0.15, 0.2) is 0 Å². The molecule has 0 unspecified atom stereocenters. The third-order valence-corrected chi connectivity index (χ3v) is 9.75. The van der Waals surface area contributed by atoms with E-state index in [0.717, 1.165) is 47.9 Å². The summed E-state index contributed by atoms with van der Waals surface area (Å²) < 4.78 is 29.3. The summed E-state index contributed by atoms with van der Waals surface area (Å²) in [7, 11) is -4.09. The topological polar surface area (TPSA) is 86.8 Å². The molecule has 0 aromatic heterocycles. The van der Waals surface area contributed by atoms with Gasteiger partial charge in [-0.15, -0.1) is 0 Å². The van der Waals surface area contributed by atoms with E-state index < -0.39 is 28.5 Å². The van der Waals surface area contributed by atoms with Crippen LogP contribution in [0.25, 0.3) is 0 Å². The summed E-state index contributed by atoms with van der Waals surface area (Å²) in [6, 6.07) is 20.8. The van der Waals surface area contributed by atoms with Crippen LogP contribution in [0.4, 0.5) is 5.69 Å². The van der Waals surface area contributed by atoms with E-state index in [9.17, 15) is 18.0 Å². The van der Waals surface area contributed by atoms with Crippen molar-refractivity contribution in [3.05, 3.63) is 95.1 Å². The van der Waals surface area contributed by atoms with E-state index in [1.54, 1.807) is 35.2 Å². The van der Waals surface area contributed by atoms with Crippen LogP contribution in [0.3, 0.4) is 0 Å². The van der Waals surface area contributed by atoms with Crippen LogP contribution in [-0.2, 0) is 26.2 Å². The number of hydrogen-bond donors (Lipinski definition) is 1. The first kappa shape index (κ1) is 30.3. The Bertz CT molecular complexity index is 1470. The summed E-state index contributed by atoms with van der Waals surface area (Å²) in [4.78, 5) is 29.5. The third-order valence-electron chi connectivity index (χ3n) is 7.98. The maximum absolute atomic E-state index is 14.3. The van der Waals surface area contributed by atoms with Gasteiger partial charge in [-0.3, -0.25) is 13.9 Å². The molecule has 7 nitrogen and oxygen atoms in total. The second-order valence-electron chi connectivity index (χ2n) is 11.0. The minimum Gasteiger partial charge on any atom is -0.352 e.